The van der Waals surface area contributed by atoms with Crippen molar-refractivity contribution in [3.05, 3.63) is 41.3 Å². The Balaban J connectivity index is 1.41. The Labute approximate surface area is 233 Å². The third-order valence-electron chi connectivity index (χ3n) is 7.55. The second-order valence-electron chi connectivity index (χ2n) is 10.8. The number of carbonyl (C=O) groups excluding carboxylic acids is 2. The number of ether oxygens (including phenoxy) is 1. The van der Waals surface area contributed by atoms with Crippen molar-refractivity contribution in [3.8, 4) is 17.0 Å². The largest absolute Gasteiger partial charge is 0.493 e. The highest BCUT2D eigenvalue weighted by Gasteiger charge is 2.35. The quantitative estimate of drug-likeness (QED) is 0.297. The van der Waals surface area contributed by atoms with Gasteiger partial charge in [-0.3, -0.25) is 9.59 Å². The molecule has 2 amide bonds. The molecule has 0 radical (unpaired) electrons. The summed E-state index contributed by atoms with van der Waals surface area (Å²) >= 11 is 0. The third-order valence-corrected chi connectivity index (χ3v) is 7.55. The molecule has 4 N–H and O–H groups in total. The number of alkyl halides is 4. The van der Waals surface area contributed by atoms with Crippen LogP contribution in [-0.4, -0.2) is 62.8 Å². The molecule has 0 bridgehead atoms. The minimum atomic E-state index is -4.59. The van der Waals surface area contributed by atoms with Gasteiger partial charge in [0.2, 0.25) is 5.91 Å². The van der Waals surface area contributed by atoms with Gasteiger partial charge in [0.05, 0.1) is 29.3 Å². The number of benzene rings is 1. The number of aliphatic hydroxyl groups is 1. The molecule has 5 rings (SSSR count). The van der Waals surface area contributed by atoms with Crippen LogP contribution in [0.25, 0.3) is 22.3 Å². The highest BCUT2D eigenvalue weighted by Crippen LogP contribution is 2.40. The van der Waals surface area contributed by atoms with Crippen LogP contribution >= 0.6 is 0 Å². The number of aryl methyl sites for hydroxylation is 1. The number of H-pyrrole nitrogens is 1. The first-order valence-corrected chi connectivity index (χ1v) is 13.5. The minimum Gasteiger partial charge on any atom is -0.493 e. The number of rotatable bonds is 8. The lowest BCUT2D eigenvalue weighted by Crippen LogP contribution is -2.51. The summed E-state index contributed by atoms with van der Waals surface area (Å²) in [6.07, 6.45) is -3.44. The van der Waals surface area contributed by atoms with Crippen molar-refractivity contribution in [2.75, 3.05) is 6.61 Å². The summed E-state index contributed by atoms with van der Waals surface area (Å²) in [7, 11) is 0. The number of halogens is 4. The summed E-state index contributed by atoms with van der Waals surface area (Å²) in [5.74, 6) is -0.575. The van der Waals surface area contributed by atoms with E-state index in [-0.39, 0.29) is 46.4 Å². The van der Waals surface area contributed by atoms with Gasteiger partial charge in [0.25, 0.3) is 5.91 Å². The molecule has 0 spiro atoms. The van der Waals surface area contributed by atoms with E-state index in [1.54, 1.807) is 6.92 Å². The predicted molar refractivity (Wildman–Crippen MR) is 141 cm³/mol. The highest BCUT2D eigenvalue weighted by atomic mass is 19.4. The van der Waals surface area contributed by atoms with E-state index in [4.69, 9.17) is 4.74 Å². The number of hydrogen-bond donors (Lipinski definition) is 4. The number of aliphatic hydroxyl groups excluding tert-OH is 1. The Kier molecular flexibility index (Phi) is 7.91. The summed E-state index contributed by atoms with van der Waals surface area (Å²) in [6.45, 7) is 3.31. The lowest BCUT2D eigenvalue weighted by atomic mass is 9.89. The van der Waals surface area contributed by atoms with Gasteiger partial charge >= 0.3 is 6.18 Å². The van der Waals surface area contributed by atoms with Crippen LogP contribution in [0.1, 0.15) is 60.6 Å². The molecular formula is C28H31F4N5O4. The van der Waals surface area contributed by atoms with E-state index in [9.17, 15) is 32.3 Å². The second-order valence-corrected chi connectivity index (χ2v) is 10.8. The maximum absolute atomic E-state index is 15.0. The molecule has 2 aliphatic rings. The van der Waals surface area contributed by atoms with Crippen LogP contribution in [0, 0.1) is 12.8 Å². The van der Waals surface area contributed by atoms with E-state index in [0.717, 1.165) is 25.0 Å². The maximum atomic E-state index is 15.0. The van der Waals surface area contributed by atoms with Gasteiger partial charge in [-0.05, 0) is 63.6 Å². The van der Waals surface area contributed by atoms with Crippen LogP contribution in [-0.2, 0) is 11.0 Å². The molecule has 2 saturated carbocycles. The number of hydrogen-bond acceptors (Lipinski definition) is 6. The van der Waals surface area contributed by atoms with Crippen molar-refractivity contribution in [1.82, 2.24) is 25.6 Å². The number of amides is 2. The molecule has 2 heterocycles. The van der Waals surface area contributed by atoms with Gasteiger partial charge in [-0.2, -0.15) is 13.2 Å². The summed E-state index contributed by atoms with van der Waals surface area (Å²) in [5.41, 5.74) is 0.353. The normalized spacial score (nSPS) is 21.9. The standard InChI is InChI=1S/C28H31F4N5O4/c1-13-22(27(40)37-20-7-6-17(10-19(20)29)36-26(39)14(2)38)24-25(35-13)23(33-12-34-24)18-9-16(28(30,31)32)5-8-21(18)41-11-15-3-4-15/h5,8-9,12,14-15,17,19-20,35,38H,3-4,6-7,10-11H2,1-2H3,(H,36,39)(H,37,40)/t14-,17?,19?,20?/m0/s1. The molecule has 220 valence electrons. The van der Waals surface area contributed by atoms with Crippen molar-refractivity contribution in [1.29, 1.82) is 0 Å². The average molecular weight is 578 g/mol. The van der Waals surface area contributed by atoms with Gasteiger partial charge < -0.3 is 25.5 Å². The average Bonchev–Trinajstić information content (AvgIpc) is 3.67. The Morgan fingerprint density at radius 1 is 1.17 bits per heavy atom. The molecule has 2 fully saturated rings. The monoisotopic (exact) mass is 577 g/mol. The summed E-state index contributed by atoms with van der Waals surface area (Å²) < 4.78 is 61.7. The number of aromatic nitrogens is 3. The smallest absolute Gasteiger partial charge is 0.416 e. The van der Waals surface area contributed by atoms with Crippen molar-refractivity contribution >= 4 is 22.8 Å². The fourth-order valence-electron chi connectivity index (χ4n) is 5.08. The summed E-state index contributed by atoms with van der Waals surface area (Å²) in [6, 6.07) is 1.93. The van der Waals surface area contributed by atoms with Crippen LogP contribution < -0.4 is 15.4 Å². The Morgan fingerprint density at radius 2 is 1.93 bits per heavy atom. The van der Waals surface area contributed by atoms with E-state index in [2.05, 4.69) is 25.6 Å². The number of nitrogens with one attached hydrogen (secondary N) is 3. The van der Waals surface area contributed by atoms with Crippen LogP contribution in [0.15, 0.2) is 24.5 Å². The molecule has 2 aliphatic carbocycles. The SMILES string of the molecule is Cc1[nH]c2c(-c3cc(C(F)(F)F)ccc3OCC3CC3)ncnc2c1C(=O)NC1CCC(NC(=O)[C@H](C)O)CC1F. The van der Waals surface area contributed by atoms with Crippen molar-refractivity contribution in [2.45, 2.75) is 76.5 Å². The van der Waals surface area contributed by atoms with Crippen molar-refractivity contribution in [2.24, 2.45) is 5.92 Å². The molecule has 3 aromatic rings. The van der Waals surface area contributed by atoms with Crippen LogP contribution in [0.3, 0.4) is 0 Å². The van der Waals surface area contributed by atoms with E-state index < -0.39 is 47.9 Å². The molecule has 13 heteroatoms. The highest BCUT2D eigenvalue weighted by molar-refractivity contribution is 6.09. The van der Waals surface area contributed by atoms with Gasteiger partial charge in [0.1, 0.15) is 35.6 Å². The molecule has 0 saturated heterocycles. The zero-order chi connectivity index (χ0) is 29.5. The van der Waals surface area contributed by atoms with E-state index >= 15 is 0 Å². The molecule has 0 aliphatic heterocycles. The van der Waals surface area contributed by atoms with Gasteiger partial charge in [-0.15, -0.1) is 0 Å². The van der Waals surface area contributed by atoms with Gasteiger partial charge in [-0.1, -0.05) is 0 Å². The lowest BCUT2D eigenvalue weighted by Gasteiger charge is -2.32. The number of fused-ring (bicyclic) bond motifs is 1. The maximum Gasteiger partial charge on any atom is 0.416 e. The number of nitrogens with zero attached hydrogens (tertiary/aromatic N) is 2. The van der Waals surface area contributed by atoms with E-state index in [1.807, 2.05) is 0 Å². The van der Waals surface area contributed by atoms with Crippen LogP contribution in [0.4, 0.5) is 17.6 Å². The zero-order valence-electron chi connectivity index (χ0n) is 22.5. The number of carbonyl (C=O) groups is 2. The first-order chi connectivity index (χ1) is 19.4. The predicted octanol–water partition coefficient (Wildman–Crippen LogP) is 4.23. The summed E-state index contributed by atoms with van der Waals surface area (Å²) in [5, 5.41) is 14.7. The van der Waals surface area contributed by atoms with E-state index in [1.165, 1.54) is 19.3 Å². The van der Waals surface area contributed by atoms with Crippen LogP contribution in [0.2, 0.25) is 0 Å². The molecule has 1 aromatic carbocycles. The summed E-state index contributed by atoms with van der Waals surface area (Å²) in [4.78, 5) is 36.6. The molecular weight excluding hydrogens is 546 g/mol. The molecule has 2 aromatic heterocycles. The first-order valence-electron chi connectivity index (χ1n) is 13.5. The Bertz CT molecular complexity index is 1450. The first kappa shape index (κ1) is 28.8. The van der Waals surface area contributed by atoms with Crippen molar-refractivity contribution < 1.29 is 37.0 Å². The number of aromatic amines is 1. The van der Waals surface area contributed by atoms with Crippen molar-refractivity contribution in [3.63, 3.8) is 0 Å². The third kappa shape index (κ3) is 6.29. The fraction of sp³-hybridized carbons (Fsp3) is 0.500. The van der Waals surface area contributed by atoms with Crippen LogP contribution in [0.5, 0.6) is 5.75 Å². The molecule has 4 atom stereocenters. The molecule has 9 nitrogen and oxygen atoms in total. The molecule has 3 unspecified atom stereocenters. The lowest BCUT2D eigenvalue weighted by molar-refractivity contribution is -0.137. The second kappa shape index (κ2) is 11.3. The van der Waals surface area contributed by atoms with Gasteiger partial charge in [0.15, 0.2) is 0 Å². The molecule has 41 heavy (non-hydrogen) atoms. The van der Waals surface area contributed by atoms with Gasteiger partial charge in [0, 0.05) is 23.7 Å². The topological polar surface area (TPSA) is 129 Å². The minimum absolute atomic E-state index is 0.0260. The Morgan fingerprint density at radius 3 is 2.59 bits per heavy atom. The van der Waals surface area contributed by atoms with E-state index in [0.29, 0.717) is 24.6 Å². The Hall–Kier alpha value is -3.74. The zero-order valence-corrected chi connectivity index (χ0v) is 22.5. The fourth-order valence-corrected chi connectivity index (χ4v) is 5.08. The van der Waals surface area contributed by atoms with Gasteiger partial charge in [-0.25, -0.2) is 14.4 Å².